The molecule has 2 bridgehead atoms. The second-order valence-corrected chi connectivity index (χ2v) is 15.6. The Bertz CT molecular complexity index is 303. The van der Waals surface area contributed by atoms with Crippen LogP contribution in [0.25, 0.3) is 0 Å². The first-order valence-corrected chi connectivity index (χ1v) is 13.6. The molecule has 4 atom stereocenters. The van der Waals surface area contributed by atoms with Gasteiger partial charge in [0, 0.05) is 0 Å². The van der Waals surface area contributed by atoms with Crippen molar-refractivity contribution in [1.82, 2.24) is 0 Å². The molecule has 0 aromatic carbocycles. The number of carbonyl (C=O) groups is 2. The quantitative estimate of drug-likeness (QED) is 0.237. The number of hydrogen-bond donors (Lipinski definition) is 0. The average Bonchev–Trinajstić information content (AvgIpc) is 2.81. The first-order chi connectivity index (χ1) is 7.19. The minimum absolute atomic E-state index is 0.146. The molecule has 3 nitrogen and oxygen atoms in total. The second-order valence-electron chi connectivity index (χ2n) is 3.80. The van der Waals surface area contributed by atoms with Crippen LogP contribution in [-0.4, -0.2) is 11.9 Å². The van der Waals surface area contributed by atoms with Gasteiger partial charge >= 0.3 is 61.4 Å². The molecule has 1 saturated heterocycles. The monoisotopic (exact) mass is 469 g/mol. The second kappa shape index (κ2) is 5.06. The molecule has 1 aliphatic heterocycles. The predicted octanol–water partition coefficient (Wildman–Crippen LogP) is 2.28. The summed E-state index contributed by atoms with van der Waals surface area (Å²) in [6, 6.07) is 0. The van der Waals surface area contributed by atoms with Crippen molar-refractivity contribution in [3.05, 3.63) is 12.2 Å². The maximum absolute atomic E-state index is 11.2. The Labute approximate surface area is 117 Å². The van der Waals surface area contributed by atoms with E-state index in [1.807, 2.05) is 12.2 Å². The van der Waals surface area contributed by atoms with Crippen molar-refractivity contribution in [2.45, 2.75) is 6.42 Å². The van der Waals surface area contributed by atoms with Crippen LogP contribution in [-0.2, 0) is 23.8 Å². The molecule has 6 heteroatoms. The van der Waals surface area contributed by atoms with Gasteiger partial charge in [0.25, 0.3) is 0 Å². The number of hydrogen-bond acceptors (Lipinski definition) is 3. The van der Waals surface area contributed by atoms with Gasteiger partial charge in [0.15, 0.2) is 0 Å². The minimum atomic E-state index is -0.304. The number of esters is 2. The average molecular weight is 469 g/mol. The molecule has 2 fully saturated rings. The Morgan fingerprint density at radius 3 is 1.93 bits per heavy atom. The Kier molecular flexibility index (Phi) is 4.17. The molecule has 0 spiro atoms. The SMILES string of the molecule is O=C1OC(=O)C2C3C=CC(C3)C12.[I][V][I]. The van der Waals surface area contributed by atoms with Gasteiger partial charge in [0.2, 0.25) is 0 Å². The molecule has 0 aromatic rings. The summed E-state index contributed by atoms with van der Waals surface area (Å²) in [4.78, 5) is 22.4. The van der Waals surface area contributed by atoms with Crippen LogP contribution >= 0.6 is 40.0 Å². The van der Waals surface area contributed by atoms with Gasteiger partial charge in [0.1, 0.15) is 0 Å². The zero-order chi connectivity index (χ0) is 11.0. The fourth-order valence-corrected chi connectivity index (χ4v) is 2.70. The van der Waals surface area contributed by atoms with Crippen LogP contribution < -0.4 is 0 Å². The third-order valence-electron chi connectivity index (χ3n) is 3.20. The summed E-state index contributed by atoms with van der Waals surface area (Å²) in [6.07, 6.45) is 5.06. The fraction of sp³-hybridized carbons (Fsp3) is 0.556. The van der Waals surface area contributed by atoms with Gasteiger partial charge in [-0.05, 0) is 18.3 Å². The molecule has 3 aliphatic rings. The van der Waals surface area contributed by atoms with E-state index in [0.717, 1.165) is 6.42 Å². The Hall–Kier alpha value is 0.924. The molecule has 1 heterocycles. The molecule has 0 radical (unpaired) electrons. The van der Waals surface area contributed by atoms with Gasteiger partial charge in [-0.25, -0.2) is 0 Å². The molecule has 0 aromatic heterocycles. The van der Waals surface area contributed by atoms with Crippen molar-refractivity contribution < 1.29 is 23.8 Å². The van der Waals surface area contributed by atoms with Gasteiger partial charge in [-0.2, -0.15) is 0 Å². The van der Waals surface area contributed by atoms with E-state index in [-0.39, 0.29) is 35.6 Å². The van der Waals surface area contributed by atoms with Crippen LogP contribution in [0.2, 0.25) is 0 Å². The van der Waals surface area contributed by atoms with E-state index in [9.17, 15) is 9.59 Å². The molecule has 2 aliphatic carbocycles. The molecule has 4 unspecified atom stereocenters. The van der Waals surface area contributed by atoms with Gasteiger partial charge in [-0.15, -0.1) is 0 Å². The molecule has 15 heavy (non-hydrogen) atoms. The number of halogens is 2. The fourth-order valence-electron chi connectivity index (χ4n) is 2.70. The zero-order valence-corrected chi connectivity index (χ0v) is 13.3. The van der Waals surface area contributed by atoms with Crippen LogP contribution in [0, 0.1) is 23.7 Å². The molecule has 81 valence electrons. The van der Waals surface area contributed by atoms with Crippen molar-refractivity contribution in [3.8, 4) is 0 Å². The van der Waals surface area contributed by atoms with Crippen molar-refractivity contribution in [2.24, 2.45) is 23.7 Å². The first-order valence-electron chi connectivity index (χ1n) is 4.55. The van der Waals surface area contributed by atoms with Crippen LogP contribution in [0.1, 0.15) is 6.42 Å². The molecule has 0 N–H and O–H groups in total. The van der Waals surface area contributed by atoms with Gasteiger partial charge in [-0.3, -0.25) is 9.59 Å². The number of cyclic esters (lactones) is 2. The summed E-state index contributed by atoms with van der Waals surface area (Å²) < 4.78 is 4.59. The van der Waals surface area contributed by atoms with Crippen molar-refractivity contribution >= 4 is 51.9 Å². The summed E-state index contributed by atoms with van der Waals surface area (Å²) in [5.41, 5.74) is 0. The van der Waals surface area contributed by atoms with Gasteiger partial charge < -0.3 is 4.74 Å². The van der Waals surface area contributed by atoms with E-state index in [1.54, 1.807) is 0 Å². The molecular formula is C9H8I2O3V. The normalized spacial score (nSPS) is 39.6. The van der Waals surface area contributed by atoms with Crippen molar-refractivity contribution in [2.75, 3.05) is 0 Å². The number of carbonyl (C=O) groups excluding carboxylic acids is 2. The molecular weight excluding hydrogens is 461 g/mol. The third kappa shape index (κ3) is 2.17. The van der Waals surface area contributed by atoms with Gasteiger partial charge in [-0.1, -0.05) is 12.2 Å². The number of ether oxygens (including phenoxy) is 1. The Balaban J connectivity index is 0.000000258. The van der Waals surface area contributed by atoms with Crippen molar-refractivity contribution in [3.63, 3.8) is 0 Å². The van der Waals surface area contributed by atoms with E-state index >= 15 is 0 Å². The van der Waals surface area contributed by atoms with E-state index < -0.39 is 0 Å². The zero-order valence-electron chi connectivity index (χ0n) is 7.60. The number of rotatable bonds is 0. The van der Waals surface area contributed by atoms with Crippen LogP contribution in [0.5, 0.6) is 0 Å². The number of allylic oxidation sites excluding steroid dienone is 2. The Morgan fingerprint density at radius 2 is 1.53 bits per heavy atom. The topological polar surface area (TPSA) is 43.4 Å². The van der Waals surface area contributed by atoms with E-state index in [1.165, 1.54) is 0 Å². The summed E-state index contributed by atoms with van der Waals surface area (Å²) in [6.45, 7) is 0. The molecule has 1 saturated carbocycles. The van der Waals surface area contributed by atoms with Crippen LogP contribution in [0.4, 0.5) is 0 Å². The summed E-state index contributed by atoms with van der Waals surface area (Å²) in [5.74, 6) is -0.346. The van der Waals surface area contributed by atoms with E-state index in [0.29, 0.717) is 9.47 Å². The molecule has 0 amide bonds. The van der Waals surface area contributed by atoms with Gasteiger partial charge in [0.05, 0.1) is 11.8 Å². The standard InChI is InChI=1S/C9H8O3.2HI.V/c10-8-6-4-1-2-5(3-4)7(6)9(11)12-8;;;/h1-2,4-7H,3H2;2*1H;/q;;;+2/p-2. The number of fused-ring (bicyclic) bond motifs is 5. The predicted molar refractivity (Wildman–Crippen MR) is 66.9 cm³/mol. The third-order valence-corrected chi connectivity index (χ3v) is 3.20. The summed E-state index contributed by atoms with van der Waals surface area (Å²) in [7, 11) is 0.628. The first kappa shape index (κ1) is 12.4. The summed E-state index contributed by atoms with van der Waals surface area (Å²) >= 11 is 4.74. The van der Waals surface area contributed by atoms with E-state index in [4.69, 9.17) is 0 Å². The Morgan fingerprint density at radius 1 is 1.13 bits per heavy atom. The van der Waals surface area contributed by atoms with Crippen LogP contribution in [0.3, 0.4) is 0 Å². The summed E-state index contributed by atoms with van der Waals surface area (Å²) in [5, 5.41) is 0. The van der Waals surface area contributed by atoms with E-state index in [2.05, 4.69) is 44.7 Å². The van der Waals surface area contributed by atoms with Crippen molar-refractivity contribution in [1.29, 1.82) is 0 Å². The maximum atomic E-state index is 11.2. The molecule has 3 rings (SSSR count). The van der Waals surface area contributed by atoms with Crippen LogP contribution in [0.15, 0.2) is 12.2 Å².